The molecule has 3 N–H and O–H groups in total. The third-order valence-electron chi connectivity index (χ3n) is 2.93. The lowest BCUT2D eigenvalue weighted by Gasteiger charge is -2.05. The first-order valence-electron chi connectivity index (χ1n) is 6.93. The van der Waals surface area contributed by atoms with Crippen molar-refractivity contribution in [2.24, 2.45) is 10.7 Å². The summed E-state index contributed by atoms with van der Waals surface area (Å²) in [7, 11) is 0. The predicted molar refractivity (Wildman–Crippen MR) is 85.7 cm³/mol. The molecule has 0 aliphatic heterocycles. The van der Waals surface area contributed by atoms with E-state index in [1.54, 1.807) is 11.8 Å². The van der Waals surface area contributed by atoms with E-state index >= 15 is 0 Å². The maximum absolute atomic E-state index is 5.83. The summed E-state index contributed by atoms with van der Waals surface area (Å²) in [5.41, 5.74) is 7.02. The topological polar surface area (TPSA) is 50.4 Å². The number of nitrogens with zero attached hydrogens (tertiary/aromatic N) is 1. The smallest absolute Gasteiger partial charge is 0.188 e. The van der Waals surface area contributed by atoms with Gasteiger partial charge in [-0.3, -0.25) is 0 Å². The summed E-state index contributed by atoms with van der Waals surface area (Å²) in [5.74, 6) is 0.547. The maximum Gasteiger partial charge on any atom is 0.188 e. The fourth-order valence-corrected chi connectivity index (χ4v) is 2.14. The lowest BCUT2D eigenvalue weighted by Crippen LogP contribution is -2.32. The number of unbranched alkanes of at least 4 members (excludes halogenated alkanes) is 3. The van der Waals surface area contributed by atoms with Crippen molar-refractivity contribution < 1.29 is 0 Å². The van der Waals surface area contributed by atoms with E-state index in [4.69, 9.17) is 5.73 Å². The summed E-state index contributed by atoms with van der Waals surface area (Å²) in [5, 5.41) is 3.16. The standard InChI is InChI=1S/C15H25N3S/c1-3-4-5-6-11-17-15(16)18-12-13-7-9-14(19-2)10-8-13/h7-10H,3-6,11-12H2,1-2H3,(H3,16,17,18). The largest absolute Gasteiger partial charge is 0.370 e. The molecule has 1 rings (SSSR count). The molecule has 0 bridgehead atoms. The van der Waals surface area contributed by atoms with Crippen LogP contribution in [0.4, 0.5) is 0 Å². The zero-order valence-electron chi connectivity index (χ0n) is 12.0. The van der Waals surface area contributed by atoms with Gasteiger partial charge in [0.25, 0.3) is 0 Å². The van der Waals surface area contributed by atoms with Gasteiger partial charge in [0, 0.05) is 11.4 Å². The van der Waals surface area contributed by atoms with E-state index in [2.05, 4.69) is 47.8 Å². The van der Waals surface area contributed by atoms with Crippen molar-refractivity contribution in [2.45, 2.75) is 44.0 Å². The number of aliphatic imine (C=N–C) groups is 1. The summed E-state index contributed by atoms with van der Waals surface area (Å²) in [4.78, 5) is 5.62. The third kappa shape index (κ3) is 7.11. The van der Waals surface area contributed by atoms with Crippen LogP contribution in [-0.4, -0.2) is 18.8 Å². The van der Waals surface area contributed by atoms with E-state index in [1.165, 1.54) is 29.7 Å². The molecule has 0 spiro atoms. The van der Waals surface area contributed by atoms with Crippen LogP contribution in [0.1, 0.15) is 38.2 Å². The molecule has 1 aromatic carbocycles. The van der Waals surface area contributed by atoms with E-state index in [0.717, 1.165) is 13.0 Å². The van der Waals surface area contributed by atoms with Gasteiger partial charge in [-0.2, -0.15) is 0 Å². The quantitative estimate of drug-likeness (QED) is 0.332. The summed E-state index contributed by atoms with van der Waals surface area (Å²) in [6, 6.07) is 8.43. The van der Waals surface area contributed by atoms with Gasteiger partial charge in [0.05, 0.1) is 6.54 Å². The van der Waals surface area contributed by atoms with Gasteiger partial charge in [0.15, 0.2) is 5.96 Å². The molecule has 0 fully saturated rings. The third-order valence-corrected chi connectivity index (χ3v) is 3.67. The van der Waals surface area contributed by atoms with E-state index in [1.807, 2.05) is 0 Å². The lowest BCUT2D eigenvalue weighted by atomic mass is 10.2. The van der Waals surface area contributed by atoms with E-state index < -0.39 is 0 Å². The summed E-state index contributed by atoms with van der Waals surface area (Å²) < 4.78 is 0. The number of nitrogens with two attached hydrogens (primary N) is 1. The van der Waals surface area contributed by atoms with Crippen LogP contribution in [0.25, 0.3) is 0 Å². The minimum atomic E-state index is 0.547. The highest BCUT2D eigenvalue weighted by molar-refractivity contribution is 7.98. The zero-order valence-corrected chi connectivity index (χ0v) is 12.8. The van der Waals surface area contributed by atoms with Gasteiger partial charge in [0.2, 0.25) is 0 Å². The van der Waals surface area contributed by atoms with Crippen LogP contribution in [0, 0.1) is 0 Å². The highest BCUT2D eigenvalue weighted by Gasteiger charge is 1.95. The molecular formula is C15H25N3S. The first-order chi connectivity index (χ1) is 9.26. The minimum absolute atomic E-state index is 0.547. The Morgan fingerprint density at radius 2 is 1.95 bits per heavy atom. The highest BCUT2D eigenvalue weighted by atomic mass is 32.2. The Kier molecular flexibility index (Phi) is 8.14. The fourth-order valence-electron chi connectivity index (χ4n) is 1.73. The molecule has 0 saturated heterocycles. The second kappa shape index (κ2) is 9.73. The van der Waals surface area contributed by atoms with Crippen molar-refractivity contribution in [3.63, 3.8) is 0 Å². The molecular weight excluding hydrogens is 254 g/mol. The monoisotopic (exact) mass is 279 g/mol. The van der Waals surface area contributed by atoms with Crippen molar-refractivity contribution >= 4 is 17.7 Å². The van der Waals surface area contributed by atoms with Gasteiger partial charge in [-0.1, -0.05) is 38.3 Å². The van der Waals surface area contributed by atoms with Crippen LogP contribution >= 0.6 is 11.8 Å². The molecule has 0 unspecified atom stereocenters. The Bertz CT molecular complexity index is 373. The maximum atomic E-state index is 5.83. The molecule has 0 aliphatic carbocycles. The molecule has 0 heterocycles. The Balaban J connectivity index is 2.26. The molecule has 0 aromatic heterocycles. The Morgan fingerprint density at radius 1 is 1.21 bits per heavy atom. The molecule has 0 radical (unpaired) electrons. The van der Waals surface area contributed by atoms with Crippen LogP contribution in [0.2, 0.25) is 0 Å². The molecule has 4 heteroatoms. The fraction of sp³-hybridized carbons (Fsp3) is 0.533. The molecule has 1 aromatic rings. The van der Waals surface area contributed by atoms with Gasteiger partial charge in [-0.25, -0.2) is 4.99 Å². The normalized spacial score (nSPS) is 11.6. The van der Waals surface area contributed by atoms with Crippen LogP contribution in [0.3, 0.4) is 0 Å². The first kappa shape index (κ1) is 15.9. The lowest BCUT2D eigenvalue weighted by molar-refractivity contribution is 0.652. The van der Waals surface area contributed by atoms with Crippen molar-refractivity contribution in [3.8, 4) is 0 Å². The molecule has 0 amide bonds. The number of hydrogen-bond donors (Lipinski definition) is 2. The predicted octanol–water partition coefficient (Wildman–Crippen LogP) is 3.39. The van der Waals surface area contributed by atoms with Crippen LogP contribution in [0.5, 0.6) is 0 Å². The van der Waals surface area contributed by atoms with E-state index in [-0.39, 0.29) is 0 Å². The van der Waals surface area contributed by atoms with Crippen LogP contribution in [0.15, 0.2) is 34.2 Å². The average Bonchev–Trinajstić information content (AvgIpc) is 2.45. The van der Waals surface area contributed by atoms with Crippen LogP contribution in [-0.2, 0) is 6.54 Å². The molecule has 3 nitrogen and oxygen atoms in total. The second-order valence-corrected chi connectivity index (χ2v) is 5.42. The highest BCUT2D eigenvalue weighted by Crippen LogP contribution is 2.15. The van der Waals surface area contributed by atoms with Crippen molar-refractivity contribution in [1.82, 2.24) is 5.32 Å². The number of guanidine groups is 1. The zero-order chi connectivity index (χ0) is 13.9. The SMILES string of the molecule is CCCCCCNC(N)=NCc1ccc(SC)cc1. The second-order valence-electron chi connectivity index (χ2n) is 4.54. The Morgan fingerprint density at radius 3 is 2.58 bits per heavy atom. The molecule has 0 aliphatic rings. The Hall–Kier alpha value is -1.16. The summed E-state index contributed by atoms with van der Waals surface area (Å²) >= 11 is 1.75. The summed E-state index contributed by atoms with van der Waals surface area (Å²) in [6.07, 6.45) is 7.04. The van der Waals surface area contributed by atoms with Gasteiger partial charge in [0.1, 0.15) is 0 Å². The van der Waals surface area contributed by atoms with Gasteiger partial charge in [-0.15, -0.1) is 11.8 Å². The van der Waals surface area contributed by atoms with Gasteiger partial charge >= 0.3 is 0 Å². The molecule has 0 saturated carbocycles. The minimum Gasteiger partial charge on any atom is -0.370 e. The van der Waals surface area contributed by atoms with E-state index in [0.29, 0.717) is 12.5 Å². The average molecular weight is 279 g/mol. The number of benzene rings is 1. The van der Waals surface area contributed by atoms with E-state index in [9.17, 15) is 0 Å². The van der Waals surface area contributed by atoms with Crippen molar-refractivity contribution in [1.29, 1.82) is 0 Å². The summed E-state index contributed by atoms with van der Waals surface area (Å²) in [6.45, 7) is 3.77. The van der Waals surface area contributed by atoms with Crippen LogP contribution < -0.4 is 11.1 Å². The van der Waals surface area contributed by atoms with Gasteiger partial charge in [-0.05, 0) is 30.4 Å². The number of thioether (sulfide) groups is 1. The molecule has 19 heavy (non-hydrogen) atoms. The molecule has 106 valence electrons. The number of nitrogens with one attached hydrogen (secondary N) is 1. The van der Waals surface area contributed by atoms with Crippen molar-refractivity contribution in [2.75, 3.05) is 12.8 Å². The van der Waals surface area contributed by atoms with Gasteiger partial charge < -0.3 is 11.1 Å². The number of hydrogen-bond acceptors (Lipinski definition) is 2. The number of rotatable bonds is 8. The first-order valence-corrected chi connectivity index (χ1v) is 8.15. The molecule has 0 atom stereocenters. The van der Waals surface area contributed by atoms with Crippen molar-refractivity contribution in [3.05, 3.63) is 29.8 Å². The Labute approximate surface area is 121 Å².